The van der Waals surface area contributed by atoms with Gasteiger partial charge in [-0.15, -0.1) is 0 Å². The van der Waals surface area contributed by atoms with Crippen molar-refractivity contribution in [3.8, 4) is 0 Å². The Bertz CT molecular complexity index is 841. The first-order valence-electron chi connectivity index (χ1n) is 8.82. The average molecular weight is 316 g/mol. The number of hydrogen-bond donors (Lipinski definition) is 0. The molecule has 1 heteroatoms. The SMILES string of the molecule is CC1=CC2c3ccccc3C(C)(C)C[N@+]2(C)C=C1c1ccccc1. The lowest BCUT2D eigenvalue weighted by molar-refractivity contribution is -0.891. The number of quaternary nitrogens is 1. The first-order chi connectivity index (χ1) is 11.4. The van der Waals surface area contributed by atoms with Crippen LogP contribution in [0.15, 0.2) is 72.4 Å². The highest BCUT2D eigenvalue weighted by molar-refractivity contribution is 5.78. The lowest BCUT2D eigenvalue weighted by Gasteiger charge is -2.50. The van der Waals surface area contributed by atoms with E-state index in [0.717, 1.165) is 11.0 Å². The van der Waals surface area contributed by atoms with E-state index in [1.54, 1.807) is 0 Å². The predicted molar refractivity (Wildman–Crippen MR) is 101 cm³/mol. The standard InChI is InChI=1S/C23H26N/c1-17-14-22-19-12-8-9-13-21(19)23(2,3)16-24(22,4)15-20(17)18-10-6-5-7-11-18/h5-15,22H,16H2,1-4H3/q+1/t22?,24-/m0/s1. The monoisotopic (exact) mass is 316 g/mol. The minimum atomic E-state index is 0.180. The van der Waals surface area contributed by atoms with E-state index in [9.17, 15) is 0 Å². The summed E-state index contributed by atoms with van der Waals surface area (Å²) in [4.78, 5) is 0. The van der Waals surface area contributed by atoms with Gasteiger partial charge in [-0.1, -0.05) is 68.4 Å². The maximum absolute atomic E-state index is 2.49. The van der Waals surface area contributed by atoms with Gasteiger partial charge in [-0.2, -0.15) is 0 Å². The lowest BCUT2D eigenvalue weighted by Crippen LogP contribution is -2.54. The predicted octanol–water partition coefficient (Wildman–Crippen LogP) is 5.47. The third-order valence-electron chi connectivity index (χ3n) is 5.72. The van der Waals surface area contributed by atoms with Gasteiger partial charge in [-0.3, -0.25) is 4.48 Å². The third-order valence-corrected chi connectivity index (χ3v) is 5.72. The number of hydrogen-bond acceptors (Lipinski definition) is 0. The summed E-state index contributed by atoms with van der Waals surface area (Å²) in [5.41, 5.74) is 7.26. The summed E-state index contributed by atoms with van der Waals surface area (Å²) in [5.74, 6) is 0. The molecule has 1 unspecified atom stereocenters. The molecule has 0 aliphatic carbocycles. The van der Waals surface area contributed by atoms with Gasteiger partial charge in [0.1, 0.15) is 12.2 Å². The summed E-state index contributed by atoms with van der Waals surface area (Å²) in [6, 6.07) is 20.2. The fraction of sp³-hybridized carbons (Fsp3) is 0.304. The van der Waals surface area contributed by atoms with Gasteiger partial charge < -0.3 is 0 Å². The van der Waals surface area contributed by atoms with E-state index in [4.69, 9.17) is 0 Å². The molecule has 2 heterocycles. The van der Waals surface area contributed by atoms with Crippen molar-refractivity contribution in [3.63, 3.8) is 0 Å². The van der Waals surface area contributed by atoms with Crippen molar-refractivity contribution in [1.29, 1.82) is 0 Å². The fourth-order valence-corrected chi connectivity index (χ4v) is 4.75. The molecule has 0 aromatic heterocycles. The molecule has 2 aliphatic rings. The molecule has 0 spiro atoms. The first-order valence-corrected chi connectivity index (χ1v) is 8.82. The maximum Gasteiger partial charge on any atom is 0.138 e. The molecule has 1 nitrogen and oxygen atoms in total. The van der Waals surface area contributed by atoms with Crippen LogP contribution in [0, 0.1) is 0 Å². The van der Waals surface area contributed by atoms with Crippen LogP contribution in [0.4, 0.5) is 0 Å². The molecule has 4 rings (SSSR count). The molecular formula is C23H26N+. The average Bonchev–Trinajstić information content (AvgIpc) is 2.56. The van der Waals surface area contributed by atoms with Crippen molar-refractivity contribution in [2.45, 2.75) is 32.2 Å². The van der Waals surface area contributed by atoms with E-state index < -0.39 is 0 Å². The number of rotatable bonds is 1. The summed E-state index contributed by atoms with van der Waals surface area (Å²) < 4.78 is 0.950. The Kier molecular flexibility index (Phi) is 3.33. The van der Waals surface area contributed by atoms with Gasteiger partial charge >= 0.3 is 0 Å². The van der Waals surface area contributed by atoms with Crippen molar-refractivity contribution in [2.24, 2.45) is 0 Å². The summed E-state index contributed by atoms with van der Waals surface area (Å²) >= 11 is 0. The van der Waals surface area contributed by atoms with Gasteiger partial charge in [0.2, 0.25) is 0 Å². The molecule has 2 atom stereocenters. The second-order valence-corrected chi connectivity index (χ2v) is 8.18. The Hall–Kier alpha value is -2.12. The van der Waals surface area contributed by atoms with Gasteiger partial charge in [-0.05, 0) is 29.7 Å². The quantitative estimate of drug-likeness (QED) is 0.612. The highest BCUT2D eigenvalue weighted by Crippen LogP contribution is 2.48. The number of allylic oxidation sites excluding steroid dienone is 2. The minimum absolute atomic E-state index is 0.180. The molecule has 122 valence electrons. The fourth-order valence-electron chi connectivity index (χ4n) is 4.75. The number of likely N-dealkylation sites (N-methyl/N-ethyl adjacent to an activating group) is 1. The van der Waals surface area contributed by atoms with Crippen LogP contribution in [0.25, 0.3) is 5.57 Å². The zero-order chi connectivity index (χ0) is 16.9. The highest BCUT2D eigenvalue weighted by Gasteiger charge is 2.47. The van der Waals surface area contributed by atoms with Crippen LogP contribution in [0.1, 0.15) is 43.5 Å². The number of fused-ring (bicyclic) bond motifs is 3. The zero-order valence-corrected chi connectivity index (χ0v) is 15.1. The van der Waals surface area contributed by atoms with E-state index in [-0.39, 0.29) is 5.41 Å². The third kappa shape index (κ3) is 2.27. The number of benzene rings is 2. The van der Waals surface area contributed by atoms with Gasteiger partial charge in [0.15, 0.2) is 0 Å². The largest absolute Gasteiger partial charge is 0.289 e. The second-order valence-electron chi connectivity index (χ2n) is 8.18. The molecule has 24 heavy (non-hydrogen) atoms. The molecule has 2 aliphatic heterocycles. The van der Waals surface area contributed by atoms with Crippen LogP contribution in [0.3, 0.4) is 0 Å². The molecule has 0 saturated heterocycles. The molecule has 0 radical (unpaired) electrons. The maximum atomic E-state index is 2.49. The molecule has 0 bridgehead atoms. The van der Waals surface area contributed by atoms with Crippen LogP contribution < -0.4 is 0 Å². The van der Waals surface area contributed by atoms with Gasteiger partial charge in [0.05, 0.1) is 13.6 Å². The molecule has 0 fully saturated rings. The van der Waals surface area contributed by atoms with Crippen molar-refractivity contribution in [1.82, 2.24) is 0 Å². The van der Waals surface area contributed by atoms with E-state index in [1.165, 1.54) is 27.8 Å². The Morgan fingerprint density at radius 3 is 2.38 bits per heavy atom. The van der Waals surface area contributed by atoms with Crippen LogP contribution in [0.5, 0.6) is 0 Å². The Morgan fingerprint density at radius 1 is 0.958 bits per heavy atom. The highest BCUT2D eigenvalue weighted by atomic mass is 15.4. The lowest BCUT2D eigenvalue weighted by atomic mass is 9.73. The molecule has 2 aromatic rings. The second kappa shape index (κ2) is 5.19. The van der Waals surface area contributed by atoms with Crippen molar-refractivity contribution < 1.29 is 4.48 Å². The van der Waals surface area contributed by atoms with E-state index in [1.807, 2.05) is 0 Å². The smallest absolute Gasteiger partial charge is 0.138 e. The molecule has 0 amide bonds. The van der Waals surface area contributed by atoms with E-state index in [2.05, 4.69) is 94.7 Å². The summed E-state index contributed by atoms with van der Waals surface area (Å²) in [7, 11) is 2.38. The van der Waals surface area contributed by atoms with Gasteiger partial charge in [0, 0.05) is 16.6 Å². The number of nitrogens with zero attached hydrogens (tertiary/aromatic N) is 1. The molecule has 0 N–H and O–H groups in total. The van der Waals surface area contributed by atoms with Crippen molar-refractivity contribution in [3.05, 3.63) is 89.1 Å². The zero-order valence-electron chi connectivity index (χ0n) is 15.1. The molecule has 0 saturated carbocycles. The first kappa shape index (κ1) is 15.4. The Labute approximate surface area is 145 Å². The minimum Gasteiger partial charge on any atom is -0.289 e. The Morgan fingerprint density at radius 2 is 1.62 bits per heavy atom. The normalized spacial score (nSPS) is 27.6. The summed E-state index contributed by atoms with van der Waals surface area (Å²) in [6.07, 6.45) is 4.98. The summed E-state index contributed by atoms with van der Waals surface area (Å²) in [5, 5.41) is 0. The van der Waals surface area contributed by atoms with Crippen molar-refractivity contribution >= 4 is 5.57 Å². The van der Waals surface area contributed by atoms with E-state index >= 15 is 0 Å². The van der Waals surface area contributed by atoms with Gasteiger partial charge in [-0.25, -0.2) is 0 Å². The van der Waals surface area contributed by atoms with Crippen LogP contribution >= 0.6 is 0 Å². The van der Waals surface area contributed by atoms with Crippen LogP contribution in [-0.2, 0) is 5.41 Å². The van der Waals surface area contributed by atoms with Crippen LogP contribution in [0.2, 0.25) is 0 Å². The van der Waals surface area contributed by atoms with Crippen LogP contribution in [-0.4, -0.2) is 18.1 Å². The topological polar surface area (TPSA) is 0 Å². The summed E-state index contributed by atoms with van der Waals surface area (Å²) in [6.45, 7) is 8.14. The van der Waals surface area contributed by atoms with E-state index in [0.29, 0.717) is 6.04 Å². The Balaban J connectivity index is 1.89. The van der Waals surface area contributed by atoms with Gasteiger partial charge in [0.25, 0.3) is 0 Å². The molecule has 2 aromatic carbocycles. The molecular weight excluding hydrogens is 290 g/mol. The van der Waals surface area contributed by atoms with Crippen molar-refractivity contribution in [2.75, 3.05) is 13.6 Å².